The lowest BCUT2D eigenvalue weighted by Crippen LogP contribution is -2.28. The van der Waals surface area contributed by atoms with E-state index in [9.17, 15) is 15.0 Å². The average molecular weight is 385 g/mol. The van der Waals surface area contributed by atoms with Crippen LogP contribution in [0.5, 0.6) is 0 Å². The van der Waals surface area contributed by atoms with Crippen molar-refractivity contribution >= 4 is 49.0 Å². The lowest BCUT2D eigenvalue weighted by atomic mass is 10.2. The standard InChI is InChI=1S/C10H11Br2NO3S/c11-9-1-5(10(12)17-9)6(14)2-13-3-7(15)8(16)4-13/h1,7-8,15-16H,2-4H2. The number of β-amino-alcohol motifs (C(OH)–C–C–N with tert-alkyl or cyclic N) is 2. The second-order valence-electron chi connectivity index (χ2n) is 3.99. The number of nitrogens with zero attached hydrogens (tertiary/aromatic N) is 1. The summed E-state index contributed by atoms with van der Waals surface area (Å²) in [5, 5.41) is 18.8. The number of carbonyl (C=O) groups is 1. The van der Waals surface area contributed by atoms with E-state index in [-0.39, 0.29) is 12.3 Å². The van der Waals surface area contributed by atoms with Gasteiger partial charge in [-0.3, -0.25) is 9.69 Å². The SMILES string of the molecule is O=C(CN1CC(O)C(O)C1)c1cc(Br)sc1Br. The normalized spacial score (nSPS) is 25.4. The van der Waals surface area contributed by atoms with Crippen molar-refractivity contribution < 1.29 is 15.0 Å². The predicted octanol–water partition coefficient (Wildman–Crippen LogP) is 1.49. The Morgan fingerprint density at radius 1 is 1.41 bits per heavy atom. The molecule has 1 aliphatic heterocycles. The smallest absolute Gasteiger partial charge is 0.178 e. The van der Waals surface area contributed by atoms with Gasteiger partial charge in [0, 0.05) is 18.7 Å². The monoisotopic (exact) mass is 383 g/mol. The molecule has 1 aromatic heterocycles. The summed E-state index contributed by atoms with van der Waals surface area (Å²) in [5.74, 6) is -0.0138. The first kappa shape index (κ1) is 13.6. The number of carbonyl (C=O) groups excluding carboxylic acids is 1. The van der Waals surface area contributed by atoms with Gasteiger partial charge in [0.1, 0.15) is 0 Å². The molecule has 1 fully saturated rings. The molecule has 2 heterocycles. The number of rotatable bonds is 3. The van der Waals surface area contributed by atoms with Gasteiger partial charge in [0.05, 0.1) is 26.3 Å². The number of Topliss-reactive ketones (excluding diaryl/α,β-unsaturated/α-hetero) is 1. The maximum atomic E-state index is 12.0. The van der Waals surface area contributed by atoms with E-state index in [0.717, 1.165) is 7.57 Å². The molecular weight excluding hydrogens is 374 g/mol. The molecule has 94 valence electrons. The van der Waals surface area contributed by atoms with Crippen molar-refractivity contribution in [3.05, 3.63) is 19.2 Å². The van der Waals surface area contributed by atoms with E-state index >= 15 is 0 Å². The molecule has 0 spiro atoms. The molecule has 0 amide bonds. The largest absolute Gasteiger partial charge is 0.389 e. The molecule has 0 bridgehead atoms. The van der Waals surface area contributed by atoms with Gasteiger partial charge < -0.3 is 10.2 Å². The Kier molecular flexibility index (Phi) is 4.38. The number of thiophene rings is 1. The van der Waals surface area contributed by atoms with Crippen molar-refractivity contribution in [2.45, 2.75) is 12.2 Å². The van der Waals surface area contributed by atoms with E-state index in [1.165, 1.54) is 11.3 Å². The van der Waals surface area contributed by atoms with E-state index in [2.05, 4.69) is 31.9 Å². The molecule has 0 aliphatic carbocycles. The Morgan fingerprint density at radius 3 is 2.47 bits per heavy atom. The number of halogens is 2. The topological polar surface area (TPSA) is 60.8 Å². The maximum absolute atomic E-state index is 12.0. The molecule has 4 nitrogen and oxygen atoms in total. The van der Waals surface area contributed by atoms with Gasteiger partial charge in [-0.15, -0.1) is 11.3 Å². The van der Waals surface area contributed by atoms with Gasteiger partial charge in [0.15, 0.2) is 5.78 Å². The zero-order chi connectivity index (χ0) is 12.6. The predicted molar refractivity (Wildman–Crippen MR) is 72.5 cm³/mol. The molecule has 17 heavy (non-hydrogen) atoms. The molecule has 2 rings (SSSR count). The minimum absolute atomic E-state index is 0.0138. The summed E-state index contributed by atoms with van der Waals surface area (Å²) in [6.07, 6.45) is -1.50. The van der Waals surface area contributed by atoms with Gasteiger partial charge in [-0.2, -0.15) is 0 Å². The number of aliphatic hydroxyl groups excluding tert-OH is 2. The number of aliphatic hydroxyl groups is 2. The lowest BCUT2D eigenvalue weighted by molar-refractivity contribution is 0.0572. The van der Waals surface area contributed by atoms with E-state index in [1.807, 2.05) is 0 Å². The Balaban J connectivity index is 2.01. The fraction of sp³-hybridized carbons (Fsp3) is 0.500. The van der Waals surface area contributed by atoms with Gasteiger partial charge in [0.25, 0.3) is 0 Å². The summed E-state index contributed by atoms with van der Waals surface area (Å²) < 4.78 is 1.70. The van der Waals surface area contributed by atoms with E-state index in [0.29, 0.717) is 18.7 Å². The van der Waals surface area contributed by atoms with Crippen LogP contribution in [0.4, 0.5) is 0 Å². The van der Waals surface area contributed by atoms with E-state index in [1.54, 1.807) is 11.0 Å². The highest BCUT2D eigenvalue weighted by molar-refractivity contribution is 9.12. The maximum Gasteiger partial charge on any atom is 0.178 e. The third kappa shape index (κ3) is 3.15. The molecule has 0 radical (unpaired) electrons. The average Bonchev–Trinajstić information content (AvgIpc) is 2.71. The number of likely N-dealkylation sites (tertiary alicyclic amines) is 1. The highest BCUT2D eigenvalue weighted by Gasteiger charge is 2.31. The van der Waals surface area contributed by atoms with Crippen molar-refractivity contribution in [2.75, 3.05) is 19.6 Å². The van der Waals surface area contributed by atoms with Crippen molar-refractivity contribution in [2.24, 2.45) is 0 Å². The van der Waals surface area contributed by atoms with Crippen molar-refractivity contribution in [1.29, 1.82) is 0 Å². The molecule has 2 unspecified atom stereocenters. The Labute approximate surface area is 120 Å². The molecule has 7 heteroatoms. The van der Waals surface area contributed by atoms with Crippen LogP contribution in [0.3, 0.4) is 0 Å². The molecule has 1 saturated heterocycles. The third-order valence-corrected chi connectivity index (χ3v) is 5.00. The van der Waals surface area contributed by atoms with Crippen molar-refractivity contribution in [1.82, 2.24) is 4.90 Å². The second-order valence-corrected chi connectivity index (χ2v) is 7.74. The van der Waals surface area contributed by atoms with Crippen LogP contribution in [0.25, 0.3) is 0 Å². The molecule has 1 aromatic rings. The highest BCUT2D eigenvalue weighted by Crippen LogP contribution is 2.32. The minimum atomic E-state index is -0.750. The Morgan fingerprint density at radius 2 is 2.00 bits per heavy atom. The zero-order valence-electron chi connectivity index (χ0n) is 8.77. The van der Waals surface area contributed by atoms with Gasteiger partial charge in [-0.25, -0.2) is 0 Å². The van der Waals surface area contributed by atoms with Crippen LogP contribution < -0.4 is 0 Å². The van der Waals surface area contributed by atoms with Gasteiger partial charge in [-0.05, 0) is 37.9 Å². The lowest BCUT2D eigenvalue weighted by Gasteiger charge is -2.12. The van der Waals surface area contributed by atoms with Crippen LogP contribution in [0.15, 0.2) is 13.6 Å². The zero-order valence-corrected chi connectivity index (χ0v) is 12.8. The van der Waals surface area contributed by atoms with Crippen molar-refractivity contribution in [3.63, 3.8) is 0 Å². The molecule has 0 aromatic carbocycles. The number of ketones is 1. The van der Waals surface area contributed by atoms with E-state index < -0.39 is 12.2 Å². The molecule has 2 atom stereocenters. The Hall–Kier alpha value is 0.210. The van der Waals surface area contributed by atoms with Crippen LogP contribution in [0, 0.1) is 0 Å². The summed E-state index contributed by atoms with van der Waals surface area (Å²) in [4.78, 5) is 13.8. The van der Waals surface area contributed by atoms with E-state index in [4.69, 9.17) is 0 Å². The van der Waals surface area contributed by atoms with Crippen LogP contribution in [0.1, 0.15) is 10.4 Å². The first-order valence-electron chi connectivity index (χ1n) is 5.04. The summed E-state index contributed by atoms with van der Waals surface area (Å²) in [5.41, 5.74) is 0.637. The number of hydrogen-bond donors (Lipinski definition) is 2. The van der Waals surface area contributed by atoms with Gasteiger partial charge >= 0.3 is 0 Å². The van der Waals surface area contributed by atoms with Crippen LogP contribution in [0.2, 0.25) is 0 Å². The minimum Gasteiger partial charge on any atom is -0.389 e. The van der Waals surface area contributed by atoms with Crippen molar-refractivity contribution in [3.8, 4) is 0 Å². The summed E-state index contributed by atoms with van der Waals surface area (Å²) in [6.45, 7) is 0.904. The third-order valence-electron chi connectivity index (χ3n) is 2.66. The fourth-order valence-corrected chi connectivity index (χ4v) is 4.65. The fourth-order valence-electron chi connectivity index (χ4n) is 1.79. The molecule has 0 saturated carbocycles. The first-order valence-corrected chi connectivity index (χ1v) is 7.44. The second kappa shape index (κ2) is 5.46. The molecular formula is C10H11Br2NO3S. The quantitative estimate of drug-likeness (QED) is 0.775. The van der Waals surface area contributed by atoms with Gasteiger partial charge in [-0.1, -0.05) is 0 Å². The Bertz CT molecular complexity index is 427. The highest BCUT2D eigenvalue weighted by atomic mass is 79.9. The van der Waals surface area contributed by atoms with Crippen LogP contribution in [-0.4, -0.2) is 52.7 Å². The van der Waals surface area contributed by atoms with Crippen LogP contribution in [-0.2, 0) is 0 Å². The molecule has 2 N–H and O–H groups in total. The molecule has 1 aliphatic rings. The number of hydrogen-bond acceptors (Lipinski definition) is 5. The summed E-state index contributed by atoms with van der Waals surface area (Å²) in [6, 6.07) is 1.78. The first-order chi connectivity index (χ1) is 7.97. The van der Waals surface area contributed by atoms with Gasteiger partial charge in [0.2, 0.25) is 0 Å². The van der Waals surface area contributed by atoms with Crippen LogP contribution >= 0.6 is 43.2 Å². The summed E-state index contributed by atoms with van der Waals surface area (Å²) in [7, 11) is 0. The summed E-state index contributed by atoms with van der Waals surface area (Å²) >= 11 is 8.12.